The van der Waals surface area contributed by atoms with Crippen molar-refractivity contribution < 1.29 is 23.8 Å². The van der Waals surface area contributed by atoms with Crippen LogP contribution in [0.15, 0.2) is 16.6 Å². The number of fused-ring (bicyclic) bond motifs is 1. The number of benzene rings is 1. The number of aliphatic carboxylic acids is 1. The number of ether oxygens (including phenoxy) is 1. The number of esters is 1. The Morgan fingerprint density at radius 3 is 2.82 bits per heavy atom. The van der Waals surface area contributed by atoms with Gasteiger partial charge in [0, 0.05) is 16.5 Å². The smallest absolute Gasteiger partial charge is 0.348 e. The number of carbonyl (C=O) groups excluding carboxylic acids is 1. The third kappa shape index (κ3) is 1.93. The van der Waals surface area contributed by atoms with E-state index >= 15 is 0 Å². The first kappa shape index (κ1) is 12.0. The van der Waals surface area contributed by atoms with Gasteiger partial charge in [-0.2, -0.15) is 0 Å². The van der Waals surface area contributed by atoms with Crippen molar-refractivity contribution >= 4 is 27.9 Å². The molecule has 4 nitrogen and oxygen atoms in total. The first-order chi connectivity index (χ1) is 7.83. The van der Waals surface area contributed by atoms with E-state index in [2.05, 4.69) is 15.9 Å². The largest absolute Gasteiger partial charge is 0.478 e. The predicted molar refractivity (Wildman–Crippen MR) is 59.3 cm³/mol. The minimum Gasteiger partial charge on any atom is -0.478 e. The van der Waals surface area contributed by atoms with E-state index < -0.39 is 23.4 Å². The molecule has 1 aromatic rings. The number of carboxylic acid groups (broad SMARTS) is 1. The normalized spacial score (nSPS) is 22.9. The van der Waals surface area contributed by atoms with Gasteiger partial charge in [0.05, 0.1) is 5.56 Å². The lowest BCUT2D eigenvalue weighted by atomic mass is 9.90. The number of hydrogen-bond donors (Lipinski definition) is 1. The summed E-state index contributed by atoms with van der Waals surface area (Å²) in [4.78, 5) is 22.6. The molecule has 2 rings (SSSR count). The number of carbonyl (C=O) groups is 2. The molecule has 0 aromatic heterocycles. The second kappa shape index (κ2) is 3.80. The van der Waals surface area contributed by atoms with E-state index in [4.69, 9.17) is 9.84 Å². The van der Waals surface area contributed by atoms with Crippen molar-refractivity contribution in [3.05, 3.63) is 33.5 Å². The van der Waals surface area contributed by atoms with Crippen LogP contribution in [0.25, 0.3) is 0 Å². The fourth-order valence-corrected chi connectivity index (χ4v) is 2.15. The third-order valence-electron chi connectivity index (χ3n) is 2.66. The molecule has 1 N–H and O–H groups in total. The van der Waals surface area contributed by atoms with Crippen molar-refractivity contribution in [3.8, 4) is 0 Å². The van der Waals surface area contributed by atoms with Crippen molar-refractivity contribution in [2.45, 2.75) is 18.9 Å². The van der Waals surface area contributed by atoms with E-state index in [1.54, 1.807) is 0 Å². The molecular weight excluding hydrogens is 295 g/mol. The SMILES string of the molecule is CC1(C(=O)O)Cc2c(F)cc(Br)cc2C(=O)O1. The second-order valence-corrected chi connectivity index (χ2v) is 4.93. The molecule has 6 heteroatoms. The quantitative estimate of drug-likeness (QED) is 0.807. The lowest BCUT2D eigenvalue weighted by Gasteiger charge is -2.30. The predicted octanol–water partition coefficient (Wildman–Crippen LogP) is 2.14. The molecule has 0 aliphatic carbocycles. The zero-order chi connectivity index (χ0) is 12.8. The molecule has 0 amide bonds. The number of hydrogen-bond acceptors (Lipinski definition) is 3. The third-order valence-corrected chi connectivity index (χ3v) is 3.12. The molecule has 0 radical (unpaired) electrons. The second-order valence-electron chi connectivity index (χ2n) is 4.02. The summed E-state index contributed by atoms with van der Waals surface area (Å²) in [5.74, 6) is -2.73. The molecule has 0 saturated heterocycles. The topological polar surface area (TPSA) is 63.6 Å². The van der Waals surface area contributed by atoms with E-state index in [1.165, 1.54) is 19.1 Å². The van der Waals surface area contributed by atoms with Gasteiger partial charge in [-0.3, -0.25) is 0 Å². The van der Waals surface area contributed by atoms with Crippen LogP contribution in [0.4, 0.5) is 4.39 Å². The molecule has 1 heterocycles. The summed E-state index contributed by atoms with van der Waals surface area (Å²) < 4.78 is 18.9. The van der Waals surface area contributed by atoms with Gasteiger partial charge in [0.2, 0.25) is 5.60 Å². The Labute approximate surface area is 105 Å². The van der Waals surface area contributed by atoms with Gasteiger partial charge < -0.3 is 9.84 Å². The molecular formula is C11H8BrFO4. The van der Waals surface area contributed by atoms with Crippen LogP contribution in [0.5, 0.6) is 0 Å². The first-order valence-corrected chi connectivity index (χ1v) is 5.57. The zero-order valence-electron chi connectivity index (χ0n) is 8.79. The van der Waals surface area contributed by atoms with Crippen LogP contribution < -0.4 is 0 Å². The maximum Gasteiger partial charge on any atom is 0.348 e. The summed E-state index contributed by atoms with van der Waals surface area (Å²) in [5, 5.41) is 8.98. The highest BCUT2D eigenvalue weighted by Gasteiger charge is 2.44. The molecule has 1 unspecified atom stereocenters. The van der Waals surface area contributed by atoms with E-state index in [1.807, 2.05) is 0 Å². The summed E-state index contributed by atoms with van der Waals surface area (Å²) in [6.07, 6.45) is -0.178. The molecule has 1 aromatic carbocycles. The molecule has 0 spiro atoms. The average Bonchev–Trinajstić information content (AvgIpc) is 2.20. The fraction of sp³-hybridized carbons (Fsp3) is 0.273. The van der Waals surface area contributed by atoms with Gasteiger partial charge >= 0.3 is 11.9 Å². The van der Waals surface area contributed by atoms with Crippen molar-refractivity contribution in [2.75, 3.05) is 0 Å². The Bertz CT molecular complexity index is 528. The molecule has 0 bridgehead atoms. The van der Waals surface area contributed by atoms with Crippen molar-refractivity contribution in [1.29, 1.82) is 0 Å². The number of cyclic esters (lactones) is 1. The van der Waals surface area contributed by atoms with Crippen LogP contribution in [0, 0.1) is 5.82 Å². The van der Waals surface area contributed by atoms with Gasteiger partial charge in [0.15, 0.2) is 0 Å². The first-order valence-electron chi connectivity index (χ1n) is 4.78. The Balaban J connectivity index is 2.58. The fourth-order valence-electron chi connectivity index (χ4n) is 1.72. The van der Waals surface area contributed by atoms with Crippen molar-refractivity contribution in [1.82, 2.24) is 0 Å². The van der Waals surface area contributed by atoms with E-state index in [-0.39, 0.29) is 17.5 Å². The van der Waals surface area contributed by atoms with Crippen molar-refractivity contribution in [2.24, 2.45) is 0 Å². The highest BCUT2D eigenvalue weighted by Crippen LogP contribution is 2.32. The van der Waals surface area contributed by atoms with Crippen LogP contribution in [-0.4, -0.2) is 22.6 Å². The van der Waals surface area contributed by atoms with Gasteiger partial charge in [-0.05, 0) is 19.1 Å². The standard InChI is InChI=1S/C11H8BrFO4/c1-11(10(15)16)4-7-6(9(14)17-11)2-5(12)3-8(7)13/h2-3H,4H2,1H3,(H,15,16). The summed E-state index contributed by atoms with van der Waals surface area (Å²) >= 11 is 3.06. The van der Waals surface area contributed by atoms with Gasteiger partial charge in [-0.25, -0.2) is 14.0 Å². The molecule has 0 saturated carbocycles. The lowest BCUT2D eigenvalue weighted by Crippen LogP contribution is -2.46. The van der Waals surface area contributed by atoms with Crippen LogP contribution in [0.1, 0.15) is 22.8 Å². The molecule has 0 fully saturated rings. The summed E-state index contributed by atoms with van der Waals surface area (Å²) in [6.45, 7) is 1.25. The van der Waals surface area contributed by atoms with Crippen LogP contribution in [0.3, 0.4) is 0 Å². The molecule has 17 heavy (non-hydrogen) atoms. The molecule has 1 aliphatic heterocycles. The maximum absolute atomic E-state index is 13.7. The maximum atomic E-state index is 13.7. The lowest BCUT2D eigenvalue weighted by molar-refractivity contribution is -0.158. The zero-order valence-corrected chi connectivity index (χ0v) is 10.4. The minimum atomic E-state index is -1.71. The minimum absolute atomic E-state index is 0.0654. The molecule has 1 atom stereocenters. The highest BCUT2D eigenvalue weighted by atomic mass is 79.9. The van der Waals surface area contributed by atoms with Crippen LogP contribution in [-0.2, 0) is 16.0 Å². The Morgan fingerprint density at radius 1 is 1.59 bits per heavy atom. The number of halogens is 2. The van der Waals surface area contributed by atoms with Crippen LogP contribution in [0.2, 0.25) is 0 Å². The summed E-state index contributed by atoms with van der Waals surface area (Å²) in [6, 6.07) is 2.61. The monoisotopic (exact) mass is 302 g/mol. The van der Waals surface area contributed by atoms with E-state index in [0.717, 1.165) is 0 Å². The number of carboxylic acids is 1. The van der Waals surface area contributed by atoms with Gasteiger partial charge in [0.1, 0.15) is 5.82 Å². The van der Waals surface area contributed by atoms with Gasteiger partial charge in [-0.1, -0.05) is 15.9 Å². The van der Waals surface area contributed by atoms with E-state index in [9.17, 15) is 14.0 Å². The van der Waals surface area contributed by atoms with E-state index in [0.29, 0.717) is 4.47 Å². The van der Waals surface area contributed by atoms with Crippen molar-refractivity contribution in [3.63, 3.8) is 0 Å². The molecule has 1 aliphatic rings. The summed E-state index contributed by atoms with van der Waals surface area (Å²) in [5.41, 5.74) is -1.57. The number of rotatable bonds is 1. The summed E-state index contributed by atoms with van der Waals surface area (Å²) in [7, 11) is 0. The highest BCUT2D eigenvalue weighted by molar-refractivity contribution is 9.10. The Kier molecular flexibility index (Phi) is 2.69. The van der Waals surface area contributed by atoms with Crippen LogP contribution >= 0.6 is 15.9 Å². The molecule has 90 valence electrons. The van der Waals surface area contributed by atoms with Gasteiger partial charge in [-0.15, -0.1) is 0 Å². The Hall–Kier alpha value is -1.43. The average molecular weight is 303 g/mol. The Morgan fingerprint density at radius 2 is 2.24 bits per heavy atom. The van der Waals surface area contributed by atoms with Gasteiger partial charge in [0.25, 0.3) is 0 Å².